The molecule has 0 amide bonds. The highest BCUT2D eigenvalue weighted by Crippen LogP contribution is 2.41. The van der Waals surface area contributed by atoms with Gasteiger partial charge in [0.15, 0.2) is 17.5 Å². The third kappa shape index (κ3) is 4.84. The van der Waals surface area contributed by atoms with E-state index in [0.29, 0.717) is 28.7 Å². The van der Waals surface area contributed by atoms with Crippen LogP contribution in [0.15, 0.2) is 169 Å². The van der Waals surface area contributed by atoms with Crippen LogP contribution in [0.1, 0.15) is 9.60 Å². The van der Waals surface area contributed by atoms with Gasteiger partial charge in [0.05, 0.1) is 26.3 Å². The average molecular weight is 720 g/mol. The molecule has 0 bridgehead atoms. The Balaban J connectivity index is 1.18. The summed E-state index contributed by atoms with van der Waals surface area (Å²) in [6.45, 7) is 0. The Morgan fingerprint density at radius 1 is 0.491 bits per heavy atom. The zero-order valence-corrected chi connectivity index (χ0v) is 29.4. The van der Waals surface area contributed by atoms with E-state index in [-0.39, 0.29) is 52.0 Å². The molecule has 0 spiro atoms. The fraction of sp³-hybridized carbons (Fsp3) is 0. The molecule has 0 aliphatic rings. The van der Waals surface area contributed by atoms with Crippen molar-refractivity contribution in [2.24, 2.45) is 0 Å². The second-order valence-electron chi connectivity index (χ2n) is 12.7. The minimum Gasteiger partial charge on any atom is -0.309 e. The second-order valence-corrected chi connectivity index (χ2v) is 14.6. The molecule has 7 aromatic carbocycles. The fourth-order valence-corrected chi connectivity index (χ4v) is 9.43. The number of rotatable bonds is 5. The fourth-order valence-electron chi connectivity index (χ4n) is 7.28. The van der Waals surface area contributed by atoms with Crippen LogP contribution in [0.25, 0.3) is 103 Å². The number of hydrogen-bond donors (Lipinski definition) is 0. The van der Waals surface area contributed by atoms with Gasteiger partial charge in [-0.3, -0.25) is 0 Å². The van der Waals surface area contributed by atoms with E-state index in [9.17, 15) is 0 Å². The van der Waals surface area contributed by atoms with Crippen LogP contribution in [0.5, 0.6) is 0 Å². The van der Waals surface area contributed by atoms with Crippen LogP contribution >= 0.6 is 22.7 Å². The van der Waals surface area contributed by atoms with Gasteiger partial charge in [0.25, 0.3) is 0 Å². The lowest BCUT2D eigenvalue weighted by atomic mass is 10.0. The van der Waals surface area contributed by atoms with Crippen molar-refractivity contribution in [2.75, 3.05) is 0 Å². The molecule has 0 fully saturated rings. The molecule has 4 aromatic heterocycles. The van der Waals surface area contributed by atoms with Crippen molar-refractivity contribution in [3.8, 4) is 51.0 Å². The molecule has 248 valence electrons. The molecule has 0 saturated heterocycles. The average Bonchev–Trinajstić information content (AvgIpc) is 4.01. The van der Waals surface area contributed by atoms with Gasteiger partial charge in [-0.1, -0.05) is 115 Å². The molecule has 6 heteroatoms. The third-order valence-electron chi connectivity index (χ3n) is 9.66. The monoisotopic (exact) mass is 719 g/mol. The highest BCUT2D eigenvalue weighted by atomic mass is 32.1. The van der Waals surface area contributed by atoms with E-state index in [0.717, 1.165) is 32.3 Å². The van der Waals surface area contributed by atoms with Crippen molar-refractivity contribution in [1.82, 2.24) is 19.5 Å². The first-order chi connectivity index (χ1) is 29.2. The summed E-state index contributed by atoms with van der Waals surface area (Å²) in [7, 11) is 0. The summed E-state index contributed by atoms with van der Waals surface area (Å²) in [6, 6.07) is 37.6. The van der Waals surface area contributed by atoms with Crippen molar-refractivity contribution in [3.05, 3.63) is 169 Å². The molecule has 0 radical (unpaired) electrons. The molecular weight excluding hydrogens is 685 g/mol. The number of fused-ring (bicyclic) bond motifs is 7. The van der Waals surface area contributed by atoms with Crippen LogP contribution in [-0.2, 0) is 0 Å². The van der Waals surface area contributed by atoms with Crippen molar-refractivity contribution >= 4 is 74.7 Å². The standard InChI is InChI=1S/C47H28N4S2/c1-5-22-39-33(15-1)34-16-2-6-23-40(34)51(39)41-24-7-3-18-37(41)46-48-45(49-47(50-46)38-21-10-12-29-26-27-52-43(29)38)31-14-9-13-30(28-31)32-19-11-20-36-35-17-4-8-25-42(35)53-44(32)36/h1-28H/i1D,2D,5D,15D,16D,22D,23D. The van der Waals surface area contributed by atoms with Crippen LogP contribution in [0.3, 0.4) is 0 Å². The Bertz CT molecular complexity index is 3610. The van der Waals surface area contributed by atoms with Crippen molar-refractivity contribution in [1.29, 1.82) is 0 Å². The summed E-state index contributed by atoms with van der Waals surface area (Å²) < 4.78 is 66.8. The first-order valence-corrected chi connectivity index (χ1v) is 18.7. The van der Waals surface area contributed by atoms with Gasteiger partial charge in [-0.2, -0.15) is 0 Å². The van der Waals surface area contributed by atoms with Gasteiger partial charge >= 0.3 is 0 Å². The number of para-hydroxylation sites is 3. The van der Waals surface area contributed by atoms with Gasteiger partial charge in [-0.15, -0.1) is 22.7 Å². The Hall–Kier alpha value is -6.47. The summed E-state index contributed by atoms with van der Waals surface area (Å²) in [5.74, 6) is 1.19. The lowest BCUT2D eigenvalue weighted by Gasteiger charge is -2.15. The van der Waals surface area contributed by atoms with E-state index in [1.54, 1.807) is 39.4 Å². The molecule has 53 heavy (non-hydrogen) atoms. The predicted molar refractivity (Wildman–Crippen MR) is 224 cm³/mol. The van der Waals surface area contributed by atoms with Gasteiger partial charge in [-0.25, -0.2) is 15.0 Å². The zero-order valence-electron chi connectivity index (χ0n) is 34.7. The molecule has 11 aromatic rings. The van der Waals surface area contributed by atoms with Crippen molar-refractivity contribution < 1.29 is 9.60 Å². The van der Waals surface area contributed by atoms with Crippen LogP contribution in [0.4, 0.5) is 0 Å². The van der Waals surface area contributed by atoms with Gasteiger partial charge in [0.2, 0.25) is 0 Å². The molecular formula is C47H28N4S2. The van der Waals surface area contributed by atoms with Crippen molar-refractivity contribution in [2.45, 2.75) is 0 Å². The smallest absolute Gasteiger partial charge is 0.166 e. The first kappa shape index (κ1) is 23.9. The van der Waals surface area contributed by atoms with Crippen LogP contribution < -0.4 is 0 Å². The molecule has 11 rings (SSSR count). The molecule has 0 aliphatic carbocycles. The highest BCUT2D eigenvalue weighted by molar-refractivity contribution is 7.26. The van der Waals surface area contributed by atoms with E-state index < -0.39 is 12.1 Å². The Morgan fingerprint density at radius 3 is 2.15 bits per heavy atom. The highest BCUT2D eigenvalue weighted by Gasteiger charge is 2.20. The SMILES string of the molecule is [2H]c1cc([2H])c2c(c1[2H])c1c([2H])c([2H])c([2H])c([2H])c1n2-c1ccccc1-c1nc(-c2cccc(-c3cccc4c3sc3ccccc34)c2)nc(-c2cccc3ccsc23)n1. The van der Waals surface area contributed by atoms with E-state index in [4.69, 9.17) is 24.5 Å². The van der Waals surface area contributed by atoms with E-state index >= 15 is 0 Å². The maximum absolute atomic E-state index is 9.12. The lowest BCUT2D eigenvalue weighted by molar-refractivity contribution is 1.07. The minimum absolute atomic E-state index is 0.0743. The number of hydrogen-bond acceptors (Lipinski definition) is 5. The molecule has 0 N–H and O–H groups in total. The van der Waals surface area contributed by atoms with Crippen LogP contribution in [0, 0.1) is 0 Å². The van der Waals surface area contributed by atoms with Gasteiger partial charge in [-0.05, 0) is 70.4 Å². The number of nitrogens with zero attached hydrogens (tertiary/aromatic N) is 4. The van der Waals surface area contributed by atoms with Gasteiger partial charge < -0.3 is 4.57 Å². The van der Waals surface area contributed by atoms with Gasteiger partial charge in [0.1, 0.15) is 0 Å². The Labute approximate surface area is 322 Å². The Morgan fingerprint density at radius 2 is 1.19 bits per heavy atom. The predicted octanol–water partition coefficient (Wildman–Crippen LogP) is 13.2. The zero-order chi connectivity index (χ0) is 41.0. The summed E-state index contributed by atoms with van der Waals surface area (Å²) in [5.41, 5.74) is 4.95. The molecule has 4 nitrogen and oxygen atoms in total. The number of thiophene rings is 2. The first-order valence-electron chi connectivity index (χ1n) is 20.5. The van der Waals surface area contributed by atoms with Crippen molar-refractivity contribution in [3.63, 3.8) is 0 Å². The summed E-state index contributed by atoms with van der Waals surface area (Å²) >= 11 is 3.37. The molecule has 0 saturated carbocycles. The van der Waals surface area contributed by atoms with Crippen LogP contribution in [0.2, 0.25) is 0 Å². The number of benzene rings is 7. The van der Waals surface area contributed by atoms with E-state index in [2.05, 4.69) is 66.7 Å². The van der Waals surface area contributed by atoms with E-state index in [1.165, 1.54) is 26.2 Å². The largest absolute Gasteiger partial charge is 0.309 e. The normalized spacial score (nSPS) is 13.6. The summed E-state index contributed by atoms with van der Waals surface area (Å²) in [4.78, 5) is 15.4. The molecule has 4 heterocycles. The molecule has 0 atom stereocenters. The summed E-state index contributed by atoms with van der Waals surface area (Å²) in [6.07, 6.45) is 0. The van der Waals surface area contributed by atoms with E-state index in [1.807, 2.05) is 41.8 Å². The molecule has 0 unspecified atom stereocenters. The minimum atomic E-state index is -0.457. The quantitative estimate of drug-likeness (QED) is 0.178. The van der Waals surface area contributed by atoms with Gasteiger partial charge in [0, 0.05) is 52.3 Å². The maximum atomic E-state index is 9.12. The third-order valence-corrected chi connectivity index (χ3v) is 11.8. The maximum Gasteiger partial charge on any atom is 0.166 e. The lowest BCUT2D eigenvalue weighted by Crippen LogP contribution is -2.03. The Kier molecular flexibility index (Phi) is 5.44. The number of aromatic nitrogens is 4. The summed E-state index contributed by atoms with van der Waals surface area (Å²) in [5, 5.41) is 5.70. The molecule has 0 aliphatic heterocycles. The second kappa shape index (κ2) is 12.1. The van der Waals surface area contributed by atoms with Crippen LogP contribution in [-0.4, -0.2) is 19.5 Å². The topological polar surface area (TPSA) is 43.6 Å².